The molecule has 21 atom stereocenters. The molecule has 1 amide bonds. The molecule has 25 heteroatoms. The summed E-state index contributed by atoms with van der Waals surface area (Å²) < 4.78 is 46.5. The number of amides is 1. The number of aliphatic hydroxyl groups is 14. The van der Waals surface area contributed by atoms with Gasteiger partial charge in [-0.15, -0.1) is 0 Å². The lowest BCUT2D eigenvalue weighted by atomic mass is 9.84. The summed E-state index contributed by atoms with van der Waals surface area (Å²) in [4.78, 5) is 24.6. The molecule has 3 rings (SSSR count). The molecule has 2 aliphatic heterocycles. The number of nitrogens with one attached hydrogen (secondary N) is 1. The molecule has 85 heavy (non-hydrogen) atoms. The highest BCUT2D eigenvalue weighted by Gasteiger charge is 2.57. The second kappa shape index (κ2) is 44.4. The minimum atomic E-state index is -5.63. The Morgan fingerprint density at radius 3 is 1.22 bits per heavy atom. The van der Waals surface area contributed by atoms with Crippen molar-refractivity contribution < 1.29 is 114 Å². The third-order valence-corrected chi connectivity index (χ3v) is 18.1. The number of hydrogen-bond acceptors (Lipinski definition) is 22. The van der Waals surface area contributed by atoms with E-state index in [4.69, 9.17) is 28.0 Å². The number of hydrogen-bond donors (Lipinski definition) is 16. The van der Waals surface area contributed by atoms with Gasteiger partial charge in [0.1, 0.15) is 97.7 Å². The summed E-state index contributed by atoms with van der Waals surface area (Å²) in [6, 6.07) is -1.65. The summed E-state index contributed by atoms with van der Waals surface area (Å²) >= 11 is 0. The van der Waals surface area contributed by atoms with E-state index < -0.39 is 156 Å². The predicted molar refractivity (Wildman–Crippen MR) is 314 cm³/mol. The van der Waals surface area contributed by atoms with Crippen molar-refractivity contribution in [2.75, 3.05) is 19.8 Å². The van der Waals surface area contributed by atoms with Gasteiger partial charge in [0, 0.05) is 0 Å². The van der Waals surface area contributed by atoms with Gasteiger partial charge in [-0.3, -0.25) is 13.8 Å². The summed E-state index contributed by atoms with van der Waals surface area (Å²) in [5.74, 6) is -0.959. The number of carbonyl (C=O) groups is 1. The van der Waals surface area contributed by atoms with Crippen molar-refractivity contribution in [3.63, 3.8) is 0 Å². The molecule has 0 bridgehead atoms. The molecule has 2 saturated heterocycles. The average molecular weight is 1250 g/mol. The second-order valence-electron chi connectivity index (χ2n) is 24.3. The van der Waals surface area contributed by atoms with Crippen LogP contribution in [0.5, 0.6) is 0 Å². The fraction of sp³-hybridized carbons (Fsp3) is 0.983. The van der Waals surface area contributed by atoms with E-state index in [2.05, 4.69) is 19.2 Å². The zero-order valence-corrected chi connectivity index (χ0v) is 52.0. The van der Waals surface area contributed by atoms with Crippen molar-refractivity contribution in [3.8, 4) is 0 Å². The minimum Gasteiger partial charge on any atom is -0.394 e. The van der Waals surface area contributed by atoms with Gasteiger partial charge < -0.3 is 101 Å². The number of unbranched alkanes of at least 4 members (excludes halogenated alkanes) is 30. The molecule has 0 aromatic carbocycles. The van der Waals surface area contributed by atoms with E-state index in [0.29, 0.717) is 12.8 Å². The zero-order chi connectivity index (χ0) is 62.7. The van der Waals surface area contributed by atoms with Crippen molar-refractivity contribution in [2.24, 2.45) is 0 Å². The largest absolute Gasteiger partial charge is 0.472 e. The molecule has 2 heterocycles. The quantitative estimate of drug-likeness (QED) is 0.0304. The van der Waals surface area contributed by atoms with Crippen LogP contribution in [0.15, 0.2) is 0 Å². The molecule has 1 saturated carbocycles. The number of rotatable bonds is 49. The number of phosphoric ester groups is 1. The molecule has 1 aliphatic carbocycles. The third-order valence-electron chi connectivity index (χ3n) is 17.1. The maximum atomic E-state index is 13.8. The number of ether oxygens (including phenoxy) is 4. The molecular formula is C60H116NO23P. The molecule has 0 spiro atoms. The van der Waals surface area contributed by atoms with Gasteiger partial charge in [0.25, 0.3) is 0 Å². The van der Waals surface area contributed by atoms with E-state index >= 15 is 0 Å². The molecule has 3 aliphatic rings. The van der Waals surface area contributed by atoms with Gasteiger partial charge >= 0.3 is 7.82 Å². The molecule has 1 unspecified atom stereocenters. The Labute approximate surface area is 505 Å². The van der Waals surface area contributed by atoms with E-state index in [-0.39, 0.29) is 12.8 Å². The van der Waals surface area contributed by atoms with Crippen molar-refractivity contribution in [3.05, 3.63) is 0 Å². The Morgan fingerprint density at radius 2 is 0.800 bits per heavy atom. The second-order valence-corrected chi connectivity index (χ2v) is 25.7. The maximum Gasteiger partial charge on any atom is 0.472 e. The molecule has 504 valence electrons. The van der Waals surface area contributed by atoms with E-state index in [1.54, 1.807) is 0 Å². The molecule has 16 N–H and O–H groups in total. The lowest BCUT2D eigenvalue weighted by molar-refractivity contribution is -0.372. The van der Waals surface area contributed by atoms with Crippen LogP contribution in [0.4, 0.5) is 0 Å². The van der Waals surface area contributed by atoms with E-state index in [1.165, 1.54) is 128 Å². The van der Waals surface area contributed by atoms with Gasteiger partial charge in [-0.1, -0.05) is 219 Å². The van der Waals surface area contributed by atoms with Crippen LogP contribution < -0.4 is 5.32 Å². The fourth-order valence-corrected chi connectivity index (χ4v) is 12.5. The topological polar surface area (TPSA) is 405 Å². The van der Waals surface area contributed by atoms with Gasteiger partial charge in [0.05, 0.1) is 32.0 Å². The predicted octanol–water partition coefficient (Wildman–Crippen LogP) is 3.83. The van der Waals surface area contributed by atoms with Crippen LogP contribution in [-0.2, 0) is 37.4 Å². The molecule has 3 fully saturated rings. The molecule has 0 aromatic heterocycles. The van der Waals surface area contributed by atoms with Gasteiger partial charge in [0.15, 0.2) is 12.6 Å². The van der Waals surface area contributed by atoms with Crippen molar-refractivity contribution in [1.29, 1.82) is 0 Å². The van der Waals surface area contributed by atoms with Gasteiger partial charge in [-0.2, -0.15) is 0 Å². The van der Waals surface area contributed by atoms with Crippen LogP contribution in [-0.4, -0.2) is 225 Å². The molecular weight excluding hydrogens is 1130 g/mol. The lowest BCUT2D eigenvalue weighted by Gasteiger charge is -2.48. The maximum absolute atomic E-state index is 13.8. The summed E-state index contributed by atoms with van der Waals surface area (Å²) in [6.45, 7) is 1.50. The van der Waals surface area contributed by atoms with Crippen molar-refractivity contribution >= 4 is 13.7 Å². The standard InChI is InChI=1S/C60H116NO23P/c1-3-5-7-9-11-13-15-17-18-19-20-21-22-23-24-26-28-30-32-34-36-42(65)58(76)61-40(45(66)41(64)35-33-31-29-27-25-16-14-12-10-8-6-4-2)39-79-85(77,78)84-57-52(73)50(71)49(70)51(72)56(57)83-60-54(75)55(47(68)44(38-63)81-60)82-59-53(74)48(69)46(67)43(37-62)80-59/h40-57,59-60,62-75H,3-39H2,1-2H3,(H,61,76)(H,77,78)/t40-,41+,42+,43+,44+,45-,46+,47+,48-,49+,50+,51-,52+,53-,54-,55-,56+,57+,59+,60+/m0/s1. The Bertz CT molecular complexity index is 1730. The summed E-state index contributed by atoms with van der Waals surface area (Å²) in [5, 5.41) is 153. The van der Waals surface area contributed by atoms with Gasteiger partial charge in [-0.25, -0.2) is 4.57 Å². The van der Waals surface area contributed by atoms with Crippen LogP contribution in [0.2, 0.25) is 0 Å². The lowest BCUT2D eigenvalue weighted by Crippen LogP contribution is -2.68. The van der Waals surface area contributed by atoms with Crippen LogP contribution in [0.25, 0.3) is 0 Å². The van der Waals surface area contributed by atoms with Crippen LogP contribution in [0.3, 0.4) is 0 Å². The Hall–Kier alpha value is -1.14. The fourth-order valence-electron chi connectivity index (χ4n) is 11.5. The summed E-state index contributed by atoms with van der Waals surface area (Å²) in [6.07, 6.45) is -1.34. The van der Waals surface area contributed by atoms with Crippen LogP contribution >= 0.6 is 7.82 Å². The molecule has 24 nitrogen and oxygen atoms in total. The van der Waals surface area contributed by atoms with E-state index in [0.717, 1.165) is 64.2 Å². The number of aliphatic hydroxyl groups excluding tert-OH is 14. The highest BCUT2D eigenvalue weighted by molar-refractivity contribution is 7.47. The normalized spacial score (nSPS) is 31.3. The smallest absolute Gasteiger partial charge is 0.394 e. The number of carbonyl (C=O) groups excluding carboxylic acids is 1. The first-order chi connectivity index (χ1) is 40.7. The Kier molecular flexibility index (Phi) is 40.8. The van der Waals surface area contributed by atoms with E-state index in [9.17, 15) is 85.7 Å². The van der Waals surface area contributed by atoms with Gasteiger partial charge in [0.2, 0.25) is 5.91 Å². The monoisotopic (exact) mass is 1250 g/mol. The third kappa shape index (κ3) is 28.5. The summed E-state index contributed by atoms with van der Waals surface area (Å²) in [5.41, 5.74) is 0. The zero-order valence-electron chi connectivity index (χ0n) is 51.1. The first kappa shape index (κ1) is 78.1. The first-order valence-electron chi connectivity index (χ1n) is 32.7. The highest BCUT2D eigenvalue weighted by atomic mass is 31.2. The average Bonchev–Trinajstić information content (AvgIpc) is 2.63. The highest BCUT2D eigenvalue weighted by Crippen LogP contribution is 2.48. The Balaban J connectivity index is 1.61. The Morgan fingerprint density at radius 1 is 0.447 bits per heavy atom. The first-order valence-corrected chi connectivity index (χ1v) is 34.2. The minimum absolute atomic E-state index is 0.0625. The van der Waals surface area contributed by atoms with Crippen LogP contribution in [0.1, 0.15) is 232 Å². The summed E-state index contributed by atoms with van der Waals surface area (Å²) in [7, 11) is -5.63. The van der Waals surface area contributed by atoms with Gasteiger partial charge in [-0.05, 0) is 12.8 Å². The van der Waals surface area contributed by atoms with Crippen LogP contribution in [0, 0.1) is 0 Å². The van der Waals surface area contributed by atoms with Crippen molar-refractivity contribution in [2.45, 2.75) is 355 Å². The number of phosphoric acid groups is 1. The molecule has 0 aromatic rings. The SMILES string of the molecule is CCCCCCCCCCCCCCCCCCCCCC[C@@H](O)C(=O)N[C@@H](COP(=O)(O)O[C@@H]1[C@H](O)[C@H](O)[C@@H](O)[C@H](O)[C@H]1O[C@H]1O[C@H](CO)[C@@H](O)[C@H](O[C@H]2O[C@H](CO)[C@@H](O)[C@H](O)[C@@H]2O)[C@@H]1O)[C@H](O)[C@H](O)CCCCCCCCCCCCCC. The van der Waals surface area contributed by atoms with E-state index in [1.807, 2.05) is 0 Å². The molecule has 0 radical (unpaired) electrons. The van der Waals surface area contributed by atoms with Crippen molar-refractivity contribution in [1.82, 2.24) is 5.32 Å².